The van der Waals surface area contributed by atoms with E-state index in [0.717, 1.165) is 11.3 Å². The molecule has 1 aromatic rings. The number of likely N-dealkylation sites (tertiary alicyclic amines) is 1. The van der Waals surface area contributed by atoms with Crippen LogP contribution < -0.4 is 4.90 Å². The number of carbonyl (C=O) groups is 1. The summed E-state index contributed by atoms with van der Waals surface area (Å²) >= 11 is 0. The molecule has 22 heavy (non-hydrogen) atoms. The number of halogens is 1. The van der Waals surface area contributed by atoms with Gasteiger partial charge in [0.1, 0.15) is 11.8 Å². The minimum absolute atomic E-state index is 0.303. The molecule has 4 nitrogen and oxygen atoms in total. The van der Waals surface area contributed by atoms with Crippen LogP contribution in [0.1, 0.15) is 38.3 Å². The number of hydrogen-bond acceptors (Lipinski definition) is 3. The molecule has 3 rings (SSSR count). The normalized spacial score (nSPS) is 26.9. The highest BCUT2D eigenvalue weighted by atomic mass is 19.1. The van der Waals surface area contributed by atoms with Crippen molar-refractivity contribution in [3.63, 3.8) is 0 Å². The number of likely N-dealkylation sites (N-methyl/N-ethyl adjacent to an activating group) is 1. The highest BCUT2D eigenvalue weighted by Crippen LogP contribution is 2.52. The van der Waals surface area contributed by atoms with E-state index in [-0.39, 0.29) is 0 Å². The monoisotopic (exact) mass is 306 g/mol. The highest BCUT2D eigenvalue weighted by Gasteiger charge is 2.59. The minimum Gasteiger partial charge on any atom is -0.444 e. The third-order valence-electron chi connectivity index (χ3n) is 4.40. The van der Waals surface area contributed by atoms with Gasteiger partial charge in [-0.3, -0.25) is 4.90 Å². The fourth-order valence-corrected chi connectivity index (χ4v) is 3.50. The molecule has 0 bridgehead atoms. The summed E-state index contributed by atoms with van der Waals surface area (Å²) in [4.78, 5) is 15.8. The predicted molar refractivity (Wildman–Crippen MR) is 83.7 cm³/mol. The Morgan fingerprint density at radius 2 is 2.09 bits per heavy atom. The van der Waals surface area contributed by atoms with Crippen LogP contribution in [0, 0.1) is 6.92 Å². The number of nitrogens with zero attached hydrogens (tertiary/aromatic N) is 2. The Balaban J connectivity index is 1.95. The molecule has 5 heteroatoms. The lowest BCUT2D eigenvalue weighted by molar-refractivity contribution is 0.0139. The van der Waals surface area contributed by atoms with Crippen LogP contribution in [-0.4, -0.2) is 36.4 Å². The molecule has 2 aliphatic heterocycles. The van der Waals surface area contributed by atoms with Crippen molar-refractivity contribution in [1.82, 2.24) is 4.90 Å². The summed E-state index contributed by atoms with van der Waals surface area (Å²) in [7, 11) is 1.84. The Bertz CT molecular complexity index is 626. The Labute approximate surface area is 130 Å². The Morgan fingerprint density at radius 1 is 1.41 bits per heavy atom. The molecule has 1 aromatic carbocycles. The number of rotatable bonds is 0. The Kier molecular flexibility index (Phi) is 3.17. The minimum atomic E-state index is -1.52. The third kappa shape index (κ3) is 2.14. The first-order valence-electron chi connectivity index (χ1n) is 7.66. The second-order valence-electron chi connectivity index (χ2n) is 7.29. The molecule has 0 aromatic heterocycles. The Hall–Kier alpha value is -1.78. The number of aryl methyl sites for hydroxylation is 1. The number of fused-ring (bicyclic) bond motifs is 3. The van der Waals surface area contributed by atoms with Crippen LogP contribution in [0.15, 0.2) is 18.2 Å². The topological polar surface area (TPSA) is 32.8 Å². The molecule has 0 aliphatic carbocycles. The summed E-state index contributed by atoms with van der Waals surface area (Å²) in [5, 5.41) is 0. The van der Waals surface area contributed by atoms with Gasteiger partial charge in [-0.15, -0.1) is 0 Å². The van der Waals surface area contributed by atoms with Gasteiger partial charge < -0.3 is 9.64 Å². The molecule has 1 amide bonds. The maximum atomic E-state index is 15.6. The zero-order chi connectivity index (χ0) is 16.3. The molecule has 120 valence electrons. The van der Waals surface area contributed by atoms with E-state index in [1.807, 2.05) is 57.8 Å². The number of benzene rings is 1. The van der Waals surface area contributed by atoms with E-state index in [1.165, 1.54) is 4.90 Å². The quantitative estimate of drug-likeness (QED) is 0.734. The van der Waals surface area contributed by atoms with Gasteiger partial charge >= 0.3 is 6.09 Å². The lowest BCUT2D eigenvalue weighted by Crippen LogP contribution is -2.50. The Morgan fingerprint density at radius 3 is 2.73 bits per heavy atom. The molecule has 0 N–H and O–H groups in total. The molecule has 0 saturated carbocycles. The van der Waals surface area contributed by atoms with Gasteiger partial charge in [0, 0.05) is 31.3 Å². The van der Waals surface area contributed by atoms with Crippen molar-refractivity contribution < 1.29 is 13.9 Å². The molecule has 1 saturated heterocycles. The largest absolute Gasteiger partial charge is 0.444 e. The second-order valence-corrected chi connectivity index (χ2v) is 7.29. The second kappa shape index (κ2) is 4.61. The summed E-state index contributed by atoms with van der Waals surface area (Å²) < 4.78 is 21.1. The van der Waals surface area contributed by atoms with Gasteiger partial charge in [-0.25, -0.2) is 9.18 Å². The van der Waals surface area contributed by atoms with Gasteiger partial charge in [0.05, 0.1) is 0 Å². The lowest BCUT2D eigenvalue weighted by atomic mass is 9.94. The number of carbonyl (C=O) groups excluding carboxylic acids is 1. The molecular weight excluding hydrogens is 283 g/mol. The van der Waals surface area contributed by atoms with Gasteiger partial charge in [-0.2, -0.15) is 0 Å². The van der Waals surface area contributed by atoms with E-state index in [2.05, 4.69) is 0 Å². The number of alkyl halides is 1. The van der Waals surface area contributed by atoms with Gasteiger partial charge in [0.15, 0.2) is 5.67 Å². The molecular formula is C17H23FN2O2. The smallest absolute Gasteiger partial charge is 0.412 e. The molecule has 1 fully saturated rings. The van der Waals surface area contributed by atoms with Crippen LogP contribution in [0.25, 0.3) is 0 Å². The fourth-order valence-electron chi connectivity index (χ4n) is 3.50. The van der Waals surface area contributed by atoms with Crippen molar-refractivity contribution in [2.45, 2.75) is 51.6 Å². The SMILES string of the molecule is Cc1ccc2c(c1)N(C)[C@H]1N(C(=O)OC(C)(C)C)CC[C@@]21F. The summed E-state index contributed by atoms with van der Waals surface area (Å²) in [6, 6.07) is 5.74. The highest BCUT2D eigenvalue weighted by molar-refractivity contribution is 5.73. The first-order valence-corrected chi connectivity index (χ1v) is 7.66. The third-order valence-corrected chi connectivity index (χ3v) is 4.40. The van der Waals surface area contributed by atoms with Gasteiger partial charge in [0.25, 0.3) is 0 Å². The average molecular weight is 306 g/mol. The van der Waals surface area contributed by atoms with Crippen molar-refractivity contribution in [3.8, 4) is 0 Å². The molecule has 2 atom stereocenters. The van der Waals surface area contributed by atoms with E-state index in [0.29, 0.717) is 18.5 Å². The molecule has 0 unspecified atom stereocenters. The van der Waals surface area contributed by atoms with E-state index >= 15 is 4.39 Å². The van der Waals surface area contributed by atoms with Crippen molar-refractivity contribution in [1.29, 1.82) is 0 Å². The van der Waals surface area contributed by atoms with Crippen LogP contribution >= 0.6 is 0 Å². The van der Waals surface area contributed by atoms with Crippen LogP contribution in [-0.2, 0) is 10.4 Å². The van der Waals surface area contributed by atoms with E-state index in [9.17, 15) is 4.79 Å². The average Bonchev–Trinajstić information content (AvgIpc) is 2.83. The van der Waals surface area contributed by atoms with Crippen molar-refractivity contribution in [2.75, 3.05) is 18.5 Å². The maximum Gasteiger partial charge on any atom is 0.412 e. The summed E-state index contributed by atoms with van der Waals surface area (Å²) in [6.07, 6.45) is -0.773. The van der Waals surface area contributed by atoms with Gasteiger partial charge in [-0.05, 0) is 39.3 Å². The van der Waals surface area contributed by atoms with E-state index < -0.39 is 23.5 Å². The fraction of sp³-hybridized carbons (Fsp3) is 0.588. The standard InChI is InChI=1S/C17H23FN2O2/c1-11-6-7-12-13(10-11)19(5)14-17(12,18)8-9-20(14)15(21)22-16(2,3)4/h6-7,10,14H,8-9H2,1-5H3/t14-,17+/m0/s1. The van der Waals surface area contributed by atoms with Crippen LogP contribution in [0.4, 0.5) is 14.9 Å². The number of ether oxygens (including phenoxy) is 1. The maximum absolute atomic E-state index is 15.6. The summed E-state index contributed by atoms with van der Waals surface area (Å²) in [6.45, 7) is 7.81. The molecule has 0 radical (unpaired) electrons. The van der Waals surface area contributed by atoms with Gasteiger partial charge in [0.2, 0.25) is 0 Å². The summed E-state index contributed by atoms with van der Waals surface area (Å²) in [5.74, 6) is 0. The van der Waals surface area contributed by atoms with Crippen molar-refractivity contribution in [3.05, 3.63) is 29.3 Å². The molecule has 0 spiro atoms. The summed E-state index contributed by atoms with van der Waals surface area (Å²) in [5.41, 5.74) is 0.518. The zero-order valence-corrected chi connectivity index (χ0v) is 13.8. The lowest BCUT2D eigenvalue weighted by Gasteiger charge is -2.33. The first kappa shape index (κ1) is 15.1. The van der Waals surface area contributed by atoms with Crippen molar-refractivity contribution >= 4 is 11.8 Å². The van der Waals surface area contributed by atoms with Crippen molar-refractivity contribution in [2.24, 2.45) is 0 Å². The van der Waals surface area contributed by atoms with E-state index in [4.69, 9.17) is 4.74 Å². The van der Waals surface area contributed by atoms with Crippen LogP contribution in [0.3, 0.4) is 0 Å². The zero-order valence-electron chi connectivity index (χ0n) is 13.8. The van der Waals surface area contributed by atoms with Gasteiger partial charge in [-0.1, -0.05) is 12.1 Å². The van der Waals surface area contributed by atoms with E-state index in [1.54, 1.807) is 0 Å². The number of amides is 1. The molecule has 2 heterocycles. The first-order chi connectivity index (χ1) is 10.1. The number of hydrogen-bond donors (Lipinski definition) is 0. The predicted octanol–water partition coefficient (Wildman–Crippen LogP) is 3.58. The van der Waals surface area contributed by atoms with Crippen LogP contribution in [0.5, 0.6) is 0 Å². The number of anilines is 1. The molecule has 2 aliphatic rings. The van der Waals surface area contributed by atoms with Crippen LogP contribution in [0.2, 0.25) is 0 Å².